The third-order valence-corrected chi connectivity index (χ3v) is 4.75. The monoisotopic (exact) mass is 338 g/mol. The van der Waals surface area contributed by atoms with E-state index < -0.39 is 0 Å². The summed E-state index contributed by atoms with van der Waals surface area (Å²) in [4.78, 5) is 22.9. The van der Waals surface area contributed by atoms with Crippen molar-refractivity contribution in [3.05, 3.63) is 54.7 Å². The van der Waals surface area contributed by atoms with Gasteiger partial charge in [-0.25, -0.2) is 9.78 Å². The van der Waals surface area contributed by atoms with Crippen LogP contribution in [0.3, 0.4) is 0 Å². The molecule has 2 aliphatic heterocycles. The van der Waals surface area contributed by atoms with Gasteiger partial charge < -0.3 is 9.64 Å². The van der Waals surface area contributed by atoms with Crippen molar-refractivity contribution in [2.45, 2.75) is 6.10 Å². The van der Waals surface area contributed by atoms with Gasteiger partial charge in [-0.3, -0.25) is 9.80 Å². The van der Waals surface area contributed by atoms with Gasteiger partial charge in [-0.15, -0.1) is 0 Å². The summed E-state index contributed by atoms with van der Waals surface area (Å²) in [5, 5.41) is 0. The van der Waals surface area contributed by atoms with Crippen LogP contribution in [0, 0.1) is 0 Å². The summed E-state index contributed by atoms with van der Waals surface area (Å²) in [6.07, 6.45) is 1.51. The minimum atomic E-state index is -0.247. The second-order valence-electron chi connectivity index (χ2n) is 6.43. The smallest absolute Gasteiger partial charge is 0.414 e. The number of piperazine rings is 1. The highest BCUT2D eigenvalue weighted by molar-refractivity contribution is 5.89. The number of rotatable bonds is 4. The zero-order valence-electron chi connectivity index (χ0n) is 14.1. The minimum absolute atomic E-state index is 0.0749. The Morgan fingerprint density at radius 1 is 1.00 bits per heavy atom. The maximum atomic E-state index is 12.1. The summed E-state index contributed by atoms with van der Waals surface area (Å²) in [6.45, 7) is 5.19. The number of aromatic nitrogens is 1. The maximum absolute atomic E-state index is 12.1. The van der Waals surface area contributed by atoms with Crippen LogP contribution < -0.4 is 9.80 Å². The van der Waals surface area contributed by atoms with Gasteiger partial charge in [0.15, 0.2) is 0 Å². The molecule has 6 heteroatoms. The molecule has 1 aromatic carbocycles. The Bertz CT molecular complexity index is 702. The predicted molar refractivity (Wildman–Crippen MR) is 96.9 cm³/mol. The highest BCUT2D eigenvalue weighted by atomic mass is 16.6. The van der Waals surface area contributed by atoms with Crippen LogP contribution in [0.5, 0.6) is 0 Å². The second-order valence-corrected chi connectivity index (χ2v) is 6.43. The van der Waals surface area contributed by atoms with Gasteiger partial charge in [-0.2, -0.15) is 0 Å². The summed E-state index contributed by atoms with van der Waals surface area (Å²) in [7, 11) is 0. The normalized spacial score (nSPS) is 21.4. The van der Waals surface area contributed by atoms with Crippen LogP contribution in [0.1, 0.15) is 0 Å². The second kappa shape index (κ2) is 7.11. The van der Waals surface area contributed by atoms with Crippen molar-refractivity contribution in [1.82, 2.24) is 9.88 Å². The number of carbonyl (C=O) groups excluding carboxylic acids is 1. The molecule has 6 nitrogen and oxygen atoms in total. The molecule has 2 aliphatic rings. The van der Waals surface area contributed by atoms with Crippen LogP contribution in [-0.2, 0) is 4.74 Å². The van der Waals surface area contributed by atoms with Gasteiger partial charge in [-0.05, 0) is 24.3 Å². The molecule has 0 N–H and O–H groups in total. The van der Waals surface area contributed by atoms with Crippen molar-refractivity contribution in [2.75, 3.05) is 49.1 Å². The van der Waals surface area contributed by atoms with Crippen LogP contribution in [0.25, 0.3) is 0 Å². The van der Waals surface area contributed by atoms with Crippen molar-refractivity contribution in [1.29, 1.82) is 0 Å². The number of hydrogen-bond acceptors (Lipinski definition) is 5. The number of amides is 1. The van der Waals surface area contributed by atoms with E-state index in [9.17, 15) is 4.79 Å². The average molecular weight is 338 g/mol. The van der Waals surface area contributed by atoms with Crippen molar-refractivity contribution in [3.63, 3.8) is 0 Å². The number of carbonyl (C=O) groups is 1. The van der Waals surface area contributed by atoms with Gasteiger partial charge in [0.05, 0.1) is 6.54 Å². The number of cyclic esters (lactones) is 1. The SMILES string of the molecule is O=C1O[C@H](CN2CCN(c3ccccn3)CC2)CN1c1ccccc1. The van der Waals surface area contributed by atoms with Crippen molar-refractivity contribution in [3.8, 4) is 0 Å². The molecule has 1 aromatic heterocycles. The molecule has 0 radical (unpaired) electrons. The van der Waals surface area contributed by atoms with Gasteiger partial charge in [0.25, 0.3) is 0 Å². The lowest BCUT2D eigenvalue weighted by Gasteiger charge is -2.36. The van der Waals surface area contributed by atoms with Gasteiger partial charge in [-0.1, -0.05) is 24.3 Å². The lowest BCUT2D eigenvalue weighted by atomic mass is 10.2. The molecule has 1 amide bonds. The largest absolute Gasteiger partial charge is 0.443 e. The lowest BCUT2D eigenvalue weighted by Crippen LogP contribution is -2.49. The standard InChI is InChI=1S/C19H22N4O2/c24-19-23(16-6-2-1-3-7-16)15-17(25-19)14-21-10-12-22(13-11-21)18-8-4-5-9-20-18/h1-9,17H,10-15H2/t17-/m1/s1. The predicted octanol–water partition coefficient (Wildman–Crippen LogP) is 2.23. The Morgan fingerprint density at radius 2 is 1.76 bits per heavy atom. The third-order valence-electron chi connectivity index (χ3n) is 4.75. The van der Waals surface area contributed by atoms with Crippen LogP contribution in [-0.4, -0.2) is 61.3 Å². The van der Waals surface area contributed by atoms with E-state index >= 15 is 0 Å². The lowest BCUT2D eigenvalue weighted by molar-refractivity contribution is 0.106. The Kier molecular flexibility index (Phi) is 4.52. The molecule has 0 aliphatic carbocycles. The Balaban J connectivity index is 1.30. The highest BCUT2D eigenvalue weighted by Gasteiger charge is 2.34. The fraction of sp³-hybridized carbons (Fsp3) is 0.368. The fourth-order valence-corrected chi connectivity index (χ4v) is 3.42. The van der Waals surface area contributed by atoms with Crippen LogP contribution >= 0.6 is 0 Å². The van der Waals surface area contributed by atoms with E-state index in [1.54, 1.807) is 4.90 Å². The van der Waals surface area contributed by atoms with Gasteiger partial charge in [0.1, 0.15) is 11.9 Å². The number of pyridine rings is 1. The molecular weight excluding hydrogens is 316 g/mol. The van der Waals surface area contributed by atoms with Gasteiger partial charge in [0.2, 0.25) is 0 Å². The van der Waals surface area contributed by atoms with Crippen LogP contribution in [0.15, 0.2) is 54.7 Å². The number of hydrogen-bond donors (Lipinski definition) is 0. The zero-order valence-corrected chi connectivity index (χ0v) is 14.1. The number of benzene rings is 1. The third kappa shape index (κ3) is 3.58. The maximum Gasteiger partial charge on any atom is 0.414 e. The van der Waals surface area contributed by atoms with E-state index in [-0.39, 0.29) is 12.2 Å². The number of anilines is 2. The van der Waals surface area contributed by atoms with Crippen molar-refractivity contribution < 1.29 is 9.53 Å². The van der Waals surface area contributed by atoms with Crippen molar-refractivity contribution >= 4 is 17.6 Å². The molecule has 0 saturated carbocycles. The van der Waals surface area contributed by atoms with Crippen LogP contribution in [0.2, 0.25) is 0 Å². The van der Waals surface area contributed by atoms with Crippen LogP contribution in [0.4, 0.5) is 16.3 Å². The average Bonchev–Trinajstić information content (AvgIpc) is 3.04. The quantitative estimate of drug-likeness (QED) is 0.856. The summed E-state index contributed by atoms with van der Waals surface area (Å²) in [5.74, 6) is 1.03. The summed E-state index contributed by atoms with van der Waals surface area (Å²) >= 11 is 0. The molecule has 0 spiro atoms. The van der Waals surface area contributed by atoms with E-state index in [1.807, 2.05) is 54.7 Å². The molecule has 25 heavy (non-hydrogen) atoms. The molecule has 3 heterocycles. The Hall–Kier alpha value is -2.60. The zero-order chi connectivity index (χ0) is 17.1. The molecule has 4 rings (SSSR count). The number of para-hydroxylation sites is 1. The Morgan fingerprint density at radius 3 is 2.48 bits per heavy atom. The Labute approximate surface area is 147 Å². The highest BCUT2D eigenvalue weighted by Crippen LogP contribution is 2.22. The topological polar surface area (TPSA) is 48.9 Å². The molecule has 2 aromatic rings. The number of nitrogens with zero attached hydrogens (tertiary/aromatic N) is 4. The van der Waals surface area contributed by atoms with Gasteiger partial charge >= 0.3 is 6.09 Å². The summed E-state index contributed by atoms with van der Waals surface area (Å²) < 4.78 is 5.56. The van der Waals surface area contributed by atoms with E-state index in [4.69, 9.17) is 4.74 Å². The molecular formula is C19H22N4O2. The van der Waals surface area contributed by atoms with E-state index in [0.717, 1.165) is 44.2 Å². The first-order chi connectivity index (χ1) is 12.3. The van der Waals surface area contributed by atoms with E-state index in [0.29, 0.717) is 6.54 Å². The van der Waals surface area contributed by atoms with Gasteiger partial charge in [0, 0.05) is 44.6 Å². The summed E-state index contributed by atoms with van der Waals surface area (Å²) in [5.41, 5.74) is 0.898. The molecule has 130 valence electrons. The molecule has 0 unspecified atom stereocenters. The van der Waals surface area contributed by atoms with Crippen molar-refractivity contribution in [2.24, 2.45) is 0 Å². The first-order valence-corrected chi connectivity index (χ1v) is 8.71. The first-order valence-electron chi connectivity index (χ1n) is 8.71. The fourth-order valence-electron chi connectivity index (χ4n) is 3.42. The molecule has 1 atom stereocenters. The van der Waals surface area contributed by atoms with E-state index in [1.165, 1.54) is 0 Å². The molecule has 2 saturated heterocycles. The van der Waals surface area contributed by atoms with E-state index in [2.05, 4.69) is 14.8 Å². The minimum Gasteiger partial charge on any atom is -0.443 e. The molecule has 0 bridgehead atoms. The number of ether oxygens (including phenoxy) is 1. The first kappa shape index (κ1) is 15.9. The molecule has 2 fully saturated rings. The summed E-state index contributed by atoms with van der Waals surface area (Å²) in [6, 6.07) is 15.7.